The van der Waals surface area contributed by atoms with Crippen LogP contribution in [0.5, 0.6) is 0 Å². The van der Waals surface area contributed by atoms with Gasteiger partial charge in [-0.2, -0.15) is 25.3 Å². The van der Waals surface area contributed by atoms with E-state index in [9.17, 15) is 9.59 Å². The van der Waals surface area contributed by atoms with E-state index in [4.69, 9.17) is 0 Å². The number of nitrogens with zero attached hydrogens (tertiary/aromatic N) is 1. The first-order chi connectivity index (χ1) is 12.7. The molecular weight excluding hydrogens is 476 g/mol. The molecule has 161 valence electrons. The molecule has 4 fully saturated rings. The van der Waals surface area contributed by atoms with Gasteiger partial charge >= 0.3 is 0 Å². The summed E-state index contributed by atoms with van der Waals surface area (Å²) in [5.41, 5.74) is 0.707. The Morgan fingerprint density at radius 1 is 0.964 bits per heavy atom. The van der Waals surface area contributed by atoms with E-state index < -0.39 is 0 Å². The third-order valence-electron chi connectivity index (χ3n) is 6.62. The first kappa shape index (κ1) is 24.5. The molecule has 2 unspecified atom stereocenters. The summed E-state index contributed by atoms with van der Waals surface area (Å²) in [4.78, 5) is 26.8. The normalized spacial score (nSPS) is 35.5. The maximum atomic E-state index is 12.9. The molecule has 4 saturated carbocycles. The van der Waals surface area contributed by atoms with Crippen molar-refractivity contribution in [3.63, 3.8) is 0 Å². The second-order valence-corrected chi connectivity index (χ2v) is 10.9. The SMILES string of the molecule is CC12CC3CC(C)(C1)CC(NC(=O)CN(CCS)CC(=O)NCCS)(C3)C2.[Tc]. The minimum Gasteiger partial charge on any atom is -0.354 e. The quantitative estimate of drug-likeness (QED) is 0.359. The number of thiol groups is 2. The standard InChI is InChI=1S/C20H35N3O2S2.Tc/c1-18-7-15-8-19(2,12-18)14-20(9-15,13-18)22-17(25)11-23(4-6-27)10-16(24)21-3-5-26;/h15,26-27H,3-14H2,1-2H3,(H,21,24)(H,22,25);. The fourth-order valence-corrected chi connectivity index (χ4v) is 7.33. The van der Waals surface area contributed by atoms with Gasteiger partial charge < -0.3 is 10.6 Å². The summed E-state index contributed by atoms with van der Waals surface area (Å²) in [7, 11) is 0. The van der Waals surface area contributed by atoms with Crippen molar-refractivity contribution in [3.8, 4) is 0 Å². The number of carbonyl (C=O) groups is 2. The first-order valence-corrected chi connectivity index (χ1v) is 11.5. The zero-order valence-corrected chi connectivity index (χ0v) is 20.7. The van der Waals surface area contributed by atoms with E-state index in [1.165, 1.54) is 19.3 Å². The van der Waals surface area contributed by atoms with Gasteiger partial charge in [0.2, 0.25) is 11.8 Å². The molecule has 4 rings (SSSR count). The minimum atomic E-state index is -0.0616. The molecule has 0 aromatic rings. The van der Waals surface area contributed by atoms with Gasteiger partial charge in [-0.25, -0.2) is 0 Å². The summed E-state index contributed by atoms with van der Waals surface area (Å²) in [6.07, 6.45) is 7.26. The molecule has 2 N–H and O–H groups in total. The van der Waals surface area contributed by atoms with Crippen LogP contribution in [-0.2, 0) is 29.7 Å². The van der Waals surface area contributed by atoms with Crippen molar-refractivity contribution >= 4 is 37.1 Å². The topological polar surface area (TPSA) is 61.4 Å². The summed E-state index contributed by atoms with van der Waals surface area (Å²) in [6.45, 7) is 6.48. The van der Waals surface area contributed by atoms with Gasteiger partial charge in [-0.05, 0) is 55.3 Å². The molecule has 0 aliphatic heterocycles. The Bertz CT molecular complexity index is 574. The van der Waals surface area contributed by atoms with E-state index in [1.54, 1.807) is 0 Å². The number of hydrogen-bond acceptors (Lipinski definition) is 5. The van der Waals surface area contributed by atoms with Crippen LogP contribution in [-0.4, -0.2) is 59.9 Å². The Morgan fingerprint density at radius 2 is 1.57 bits per heavy atom. The molecule has 0 aromatic carbocycles. The van der Waals surface area contributed by atoms with Gasteiger partial charge in [-0.15, -0.1) is 0 Å². The van der Waals surface area contributed by atoms with Crippen LogP contribution in [0.2, 0.25) is 0 Å². The maximum absolute atomic E-state index is 12.9. The average Bonchev–Trinajstić information content (AvgIpc) is 2.48. The van der Waals surface area contributed by atoms with Crippen molar-refractivity contribution < 1.29 is 29.7 Å². The Hall–Kier alpha value is 0.249. The second kappa shape index (κ2) is 9.59. The van der Waals surface area contributed by atoms with Crippen LogP contribution in [0.25, 0.3) is 0 Å². The van der Waals surface area contributed by atoms with Gasteiger partial charge in [0, 0.05) is 50.2 Å². The zero-order valence-electron chi connectivity index (χ0n) is 17.1. The summed E-state index contributed by atoms with van der Waals surface area (Å²) in [6, 6.07) is 0. The van der Waals surface area contributed by atoms with Gasteiger partial charge in [-0.3, -0.25) is 14.5 Å². The van der Waals surface area contributed by atoms with E-state index in [0.717, 1.165) is 25.2 Å². The number of carbonyl (C=O) groups excluding carboxylic acids is 2. The molecule has 2 atom stereocenters. The maximum Gasteiger partial charge on any atom is 0.234 e. The molecule has 0 spiro atoms. The zero-order chi connectivity index (χ0) is 19.7. The smallest absolute Gasteiger partial charge is 0.234 e. The summed E-state index contributed by atoms with van der Waals surface area (Å²) in [5.74, 6) is 1.97. The third-order valence-corrected chi connectivity index (χ3v) is 7.04. The molecule has 8 heteroatoms. The summed E-state index contributed by atoms with van der Waals surface area (Å²) < 4.78 is 0. The fraction of sp³-hybridized carbons (Fsp3) is 0.900. The van der Waals surface area contributed by atoms with Gasteiger partial charge in [0.15, 0.2) is 0 Å². The van der Waals surface area contributed by atoms with Gasteiger partial charge in [-0.1, -0.05) is 13.8 Å². The van der Waals surface area contributed by atoms with Gasteiger partial charge in [0.05, 0.1) is 13.1 Å². The second-order valence-electron chi connectivity index (χ2n) is 9.97. The average molecular weight is 512 g/mol. The van der Waals surface area contributed by atoms with Crippen LogP contribution < -0.4 is 10.6 Å². The van der Waals surface area contributed by atoms with Crippen LogP contribution in [0.15, 0.2) is 0 Å². The third kappa shape index (κ3) is 5.90. The number of amides is 2. The first-order valence-electron chi connectivity index (χ1n) is 10.2. The van der Waals surface area contributed by atoms with Crippen molar-refractivity contribution in [1.29, 1.82) is 0 Å². The number of rotatable bonds is 9. The number of nitrogens with one attached hydrogen (secondary N) is 2. The molecule has 4 aliphatic rings. The minimum absolute atomic E-state index is 0. The summed E-state index contributed by atoms with van der Waals surface area (Å²) >= 11 is 8.39. The van der Waals surface area contributed by atoms with E-state index in [-0.39, 0.29) is 50.5 Å². The largest absolute Gasteiger partial charge is 0.354 e. The van der Waals surface area contributed by atoms with Gasteiger partial charge in [0.25, 0.3) is 0 Å². The van der Waals surface area contributed by atoms with Gasteiger partial charge in [0.1, 0.15) is 0 Å². The van der Waals surface area contributed by atoms with Crippen molar-refractivity contribution in [2.45, 2.75) is 57.9 Å². The van der Waals surface area contributed by atoms with Crippen LogP contribution in [0.3, 0.4) is 0 Å². The Morgan fingerprint density at radius 3 is 2.11 bits per heavy atom. The Balaban J connectivity index is 0.00000280. The molecule has 2 amide bonds. The number of hydrogen-bond donors (Lipinski definition) is 4. The van der Waals surface area contributed by atoms with E-state index in [1.807, 2.05) is 4.90 Å². The molecule has 28 heavy (non-hydrogen) atoms. The Kier molecular flexibility index (Phi) is 8.40. The monoisotopic (exact) mass is 510 g/mol. The fourth-order valence-electron chi connectivity index (χ4n) is 6.94. The van der Waals surface area contributed by atoms with Crippen molar-refractivity contribution in [1.82, 2.24) is 15.5 Å². The van der Waals surface area contributed by atoms with E-state index >= 15 is 0 Å². The van der Waals surface area contributed by atoms with Crippen LogP contribution >= 0.6 is 25.3 Å². The molecule has 0 aromatic heterocycles. The molecule has 0 heterocycles. The molecule has 1 radical (unpaired) electrons. The van der Waals surface area contributed by atoms with Crippen molar-refractivity contribution in [3.05, 3.63) is 0 Å². The molecule has 4 bridgehead atoms. The Labute approximate surface area is 194 Å². The van der Waals surface area contributed by atoms with E-state index in [0.29, 0.717) is 35.4 Å². The summed E-state index contributed by atoms with van der Waals surface area (Å²) in [5, 5.41) is 6.25. The predicted octanol–water partition coefficient (Wildman–Crippen LogP) is 2.13. The molecule has 0 saturated heterocycles. The predicted molar refractivity (Wildman–Crippen MR) is 115 cm³/mol. The van der Waals surface area contributed by atoms with E-state index in [2.05, 4.69) is 49.7 Å². The van der Waals surface area contributed by atoms with Crippen molar-refractivity contribution in [2.75, 3.05) is 37.7 Å². The molecule has 5 nitrogen and oxygen atoms in total. The van der Waals surface area contributed by atoms with Crippen LogP contribution in [0, 0.1) is 16.7 Å². The molecular formula is C20H35N3O2S2Tc. The van der Waals surface area contributed by atoms with Crippen molar-refractivity contribution in [2.24, 2.45) is 16.7 Å². The van der Waals surface area contributed by atoms with Crippen LogP contribution in [0.1, 0.15) is 52.4 Å². The molecule has 4 aliphatic carbocycles. The van der Waals surface area contributed by atoms with Crippen LogP contribution in [0.4, 0.5) is 0 Å².